The number of fused-ring (bicyclic) bond motifs is 1. The molecule has 0 atom stereocenters. The Hall–Kier alpha value is -4.34. The number of carbonyl (C=O) groups is 2. The number of benzene rings is 1. The molecule has 0 spiro atoms. The number of imide groups is 1. The first kappa shape index (κ1) is 22.5. The molecule has 2 amide bonds. The van der Waals surface area contributed by atoms with Gasteiger partial charge >= 0.3 is 6.43 Å². The standard InChI is InChI=1S/C25H19F2N5O3/c1-25(2)19-10-14(15-4-3-9-28-11-15)6-8-18(19)23(33)32(24(25)34)13-17-7-5-16(12-29-17)21-30-31-22(35-21)20(26)27/h3-12,20H,13H2,1-2H3. The maximum atomic E-state index is 13.4. The number of hydrogen-bond acceptors (Lipinski definition) is 7. The summed E-state index contributed by atoms with van der Waals surface area (Å²) in [4.78, 5) is 36.2. The second-order valence-corrected chi connectivity index (χ2v) is 8.61. The number of hydrogen-bond donors (Lipinski definition) is 0. The van der Waals surface area contributed by atoms with Crippen molar-refractivity contribution in [3.05, 3.63) is 83.8 Å². The highest BCUT2D eigenvalue weighted by Crippen LogP contribution is 2.37. The third kappa shape index (κ3) is 3.96. The fraction of sp³-hybridized carbons (Fsp3) is 0.200. The highest BCUT2D eigenvalue weighted by Gasteiger charge is 2.44. The van der Waals surface area contributed by atoms with Crippen LogP contribution in [0.4, 0.5) is 8.78 Å². The van der Waals surface area contributed by atoms with Crippen LogP contribution in [0.15, 0.2) is 65.5 Å². The van der Waals surface area contributed by atoms with Gasteiger partial charge in [0, 0.05) is 24.2 Å². The lowest BCUT2D eigenvalue weighted by Crippen LogP contribution is -2.51. The van der Waals surface area contributed by atoms with E-state index >= 15 is 0 Å². The molecule has 0 radical (unpaired) electrons. The third-order valence-corrected chi connectivity index (χ3v) is 5.96. The molecule has 1 aliphatic rings. The fourth-order valence-electron chi connectivity index (χ4n) is 4.04. The van der Waals surface area contributed by atoms with Crippen LogP contribution in [0.2, 0.25) is 0 Å². The maximum absolute atomic E-state index is 13.4. The zero-order valence-electron chi connectivity index (χ0n) is 18.8. The molecule has 0 aliphatic carbocycles. The minimum absolute atomic E-state index is 0.0444. The average Bonchev–Trinajstić information content (AvgIpc) is 3.37. The molecule has 8 nitrogen and oxygen atoms in total. The topological polar surface area (TPSA) is 102 Å². The van der Waals surface area contributed by atoms with Crippen LogP contribution in [0.5, 0.6) is 0 Å². The number of halogens is 2. The molecule has 4 heterocycles. The molecule has 0 N–H and O–H groups in total. The molecule has 5 rings (SSSR count). The van der Waals surface area contributed by atoms with E-state index in [1.807, 2.05) is 24.3 Å². The van der Waals surface area contributed by atoms with E-state index in [0.29, 0.717) is 22.4 Å². The Bertz CT molecular complexity index is 1420. The van der Waals surface area contributed by atoms with Crippen molar-refractivity contribution in [2.24, 2.45) is 0 Å². The van der Waals surface area contributed by atoms with E-state index in [1.54, 1.807) is 44.4 Å². The molecule has 35 heavy (non-hydrogen) atoms. The molecule has 0 saturated heterocycles. The molecule has 1 aromatic carbocycles. The molecule has 10 heteroatoms. The summed E-state index contributed by atoms with van der Waals surface area (Å²) in [7, 11) is 0. The fourth-order valence-corrected chi connectivity index (χ4v) is 4.04. The van der Waals surface area contributed by atoms with Crippen molar-refractivity contribution < 1.29 is 22.8 Å². The molecule has 0 fully saturated rings. The van der Waals surface area contributed by atoms with E-state index in [-0.39, 0.29) is 18.3 Å². The summed E-state index contributed by atoms with van der Waals surface area (Å²) < 4.78 is 30.3. The summed E-state index contributed by atoms with van der Waals surface area (Å²) >= 11 is 0. The molecular formula is C25H19F2N5O3. The summed E-state index contributed by atoms with van der Waals surface area (Å²) in [6.45, 7) is 3.53. The molecule has 4 aromatic rings. The Kier molecular flexibility index (Phi) is 5.43. The second kappa shape index (κ2) is 8.46. The van der Waals surface area contributed by atoms with Gasteiger partial charge < -0.3 is 4.42 Å². The highest BCUT2D eigenvalue weighted by molar-refractivity contribution is 6.13. The summed E-state index contributed by atoms with van der Waals surface area (Å²) in [5.74, 6) is -1.63. The molecule has 0 bridgehead atoms. The Balaban J connectivity index is 1.42. The number of carbonyl (C=O) groups excluding carboxylic acids is 2. The SMILES string of the molecule is CC1(C)C(=O)N(Cc2ccc(-c3nnc(C(F)F)o3)cn2)C(=O)c2ccc(-c3cccnc3)cc21. The van der Waals surface area contributed by atoms with Crippen molar-refractivity contribution >= 4 is 11.8 Å². The van der Waals surface area contributed by atoms with Gasteiger partial charge in [0.05, 0.1) is 23.2 Å². The van der Waals surface area contributed by atoms with Gasteiger partial charge in [0.25, 0.3) is 11.8 Å². The van der Waals surface area contributed by atoms with Crippen LogP contribution in [-0.2, 0) is 16.8 Å². The number of nitrogens with zero attached hydrogens (tertiary/aromatic N) is 5. The lowest BCUT2D eigenvalue weighted by atomic mass is 9.76. The number of rotatable bonds is 5. The zero-order valence-corrected chi connectivity index (χ0v) is 18.8. The van der Waals surface area contributed by atoms with Crippen molar-refractivity contribution in [1.82, 2.24) is 25.1 Å². The van der Waals surface area contributed by atoms with Gasteiger partial charge in [-0.1, -0.05) is 12.1 Å². The zero-order chi connectivity index (χ0) is 24.7. The van der Waals surface area contributed by atoms with Crippen LogP contribution in [0.25, 0.3) is 22.6 Å². The molecule has 3 aromatic heterocycles. The van der Waals surface area contributed by atoms with Crippen LogP contribution in [0.3, 0.4) is 0 Å². The van der Waals surface area contributed by atoms with E-state index in [2.05, 4.69) is 20.2 Å². The summed E-state index contributed by atoms with van der Waals surface area (Å²) in [5.41, 5.74) is 2.70. The number of aromatic nitrogens is 4. The van der Waals surface area contributed by atoms with E-state index in [9.17, 15) is 18.4 Å². The minimum Gasteiger partial charge on any atom is -0.415 e. The lowest BCUT2D eigenvalue weighted by Gasteiger charge is -2.37. The van der Waals surface area contributed by atoms with Gasteiger partial charge in [0.1, 0.15) is 0 Å². The predicted molar refractivity (Wildman–Crippen MR) is 120 cm³/mol. The molecule has 0 unspecified atom stereocenters. The van der Waals surface area contributed by atoms with Gasteiger partial charge in [-0.2, -0.15) is 8.78 Å². The third-order valence-electron chi connectivity index (χ3n) is 5.96. The van der Waals surface area contributed by atoms with Crippen LogP contribution in [0, 0.1) is 0 Å². The lowest BCUT2D eigenvalue weighted by molar-refractivity contribution is -0.134. The van der Waals surface area contributed by atoms with Gasteiger partial charge in [-0.05, 0) is 60.9 Å². The van der Waals surface area contributed by atoms with Gasteiger partial charge in [0.15, 0.2) is 0 Å². The van der Waals surface area contributed by atoms with E-state index in [0.717, 1.165) is 11.1 Å². The van der Waals surface area contributed by atoms with Crippen molar-refractivity contribution in [2.45, 2.75) is 32.2 Å². The Morgan fingerprint density at radius 1 is 1.00 bits per heavy atom. The maximum Gasteiger partial charge on any atom is 0.314 e. The first-order valence-electron chi connectivity index (χ1n) is 10.7. The summed E-state index contributed by atoms with van der Waals surface area (Å²) in [5, 5.41) is 6.89. The van der Waals surface area contributed by atoms with E-state index in [1.165, 1.54) is 11.1 Å². The Labute approximate surface area is 198 Å². The normalized spacial score (nSPS) is 14.9. The molecule has 0 saturated carbocycles. The van der Waals surface area contributed by atoms with Gasteiger partial charge in [0.2, 0.25) is 11.8 Å². The van der Waals surface area contributed by atoms with Crippen molar-refractivity contribution in [2.75, 3.05) is 0 Å². The first-order valence-corrected chi connectivity index (χ1v) is 10.7. The molecular weight excluding hydrogens is 456 g/mol. The van der Waals surface area contributed by atoms with Gasteiger partial charge in [-0.15, -0.1) is 10.2 Å². The van der Waals surface area contributed by atoms with Crippen LogP contribution >= 0.6 is 0 Å². The van der Waals surface area contributed by atoms with Crippen LogP contribution in [-0.4, -0.2) is 36.9 Å². The quantitative estimate of drug-likeness (QED) is 0.389. The number of amides is 2. The monoisotopic (exact) mass is 475 g/mol. The van der Waals surface area contributed by atoms with Gasteiger partial charge in [-0.25, -0.2) is 0 Å². The number of alkyl halides is 2. The van der Waals surface area contributed by atoms with E-state index < -0.39 is 23.6 Å². The Morgan fingerprint density at radius 3 is 2.46 bits per heavy atom. The number of pyridine rings is 2. The van der Waals surface area contributed by atoms with Gasteiger partial charge in [-0.3, -0.25) is 24.5 Å². The van der Waals surface area contributed by atoms with Crippen LogP contribution < -0.4 is 0 Å². The Morgan fingerprint density at radius 2 is 1.80 bits per heavy atom. The smallest absolute Gasteiger partial charge is 0.314 e. The van der Waals surface area contributed by atoms with Crippen LogP contribution in [0.1, 0.15) is 47.8 Å². The predicted octanol–water partition coefficient (Wildman–Crippen LogP) is 4.59. The van der Waals surface area contributed by atoms with Crippen molar-refractivity contribution in [1.29, 1.82) is 0 Å². The van der Waals surface area contributed by atoms with Crippen molar-refractivity contribution in [3.63, 3.8) is 0 Å². The molecule has 1 aliphatic heterocycles. The summed E-state index contributed by atoms with van der Waals surface area (Å²) in [6.07, 6.45) is 1.91. The van der Waals surface area contributed by atoms with Crippen molar-refractivity contribution in [3.8, 4) is 22.6 Å². The second-order valence-electron chi connectivity index (χ2n) is 8.61. The first-order chi connectivity index (χ1) is 16.8. The highest BCUT2D eigenvalue weighted by atomic mass is 19.3. The van der Waals surface area contributed by atoms with E-state index in [4.69, 9.17) is 4.42 Å². The largest absolute Gasteiger partial charge is 0.415 e. The molecule has 176 valence electrons. The average molecular weight is 475 g/mol. The minimum atomic E-state index is -2.87. The summed E-state index contributed by atoms with van der Waals surface area (Å²) in [6, 6.07) is 12.3.